The molecule has 0 aliphatic carbocycles. The standard InChI is InChI=1S/C21H20N2O4/c24-19(15-6-7-17-18(12-15)27-14-26-17)22-10-8-21(9-11-22)13-23(20(21)25)16-4-2-1-3-5-16/h1-7,12H,8-11,13-14H2. The minimum atomic E-state index is -0.304. The predicted molar refractivity (Wildman–Crippen MR) is 98.9 cm³/mol. The minimum absolute atomic E-state index is 0.0187. The van der Waals surface area contributed by atoms with E-state index in [1.165, 1.54) is 0 Å². The van der Waals surface area contributed by atoms with Crippen molar-refractivity contribution in [1.29, 1.82) is 0 Å². The average molecular weight is 364 g/mol. The Morgan fingerprint density at radius 3 is 2.44 bits per heavy atom. The zero-order valence-electron chi connectivity index (χ0n) is 14.9. The van der Waals surface area contributed by atoms with E-state index in [0.717, 1.165) is 12.2 Å². The molecule has 3 heterocycles. The molecule has 2 aromatic carbocycles. The fraction of sp³-hybridized carbons (Fsp3) is 0.333. The molecule has 0 unspecified atom stereocenters. The Morgan fingerprint density at radius 1 is 0.963 bits per heavy atom. The van der Waals surface area contributed by atoms with Crippen LogP contribution >= 0.6 is 0 Å². The number of amides is 2. The molecule has 138 valence electrons. The average Bonchev–Trinajstić information content (AvgIpc) is 3.20. The summed E-state index contributed by atoms with van der Waals surface area (Å²) in [5.74, 6) is 1.45. The molecule has 0 radical (unpaired) electrons. The van der Waals surface area contributed by atoms with Crippen molar-refractivity contribution in [1.82, 2.24) is 4.90 Å². The van der Waals surface area contributed by atoms with Gasteiger partial charge in [0, 0.05) is 30.9 Å². The number of carbonyl (C=O) groups excluding carboxylic acids is 2. The van der Waals surface area contributed by atoms with Crippen LogP contribution in [0.25, 0.3) is 0 Å². The van der Waals surface area contributed by atoms with Gasteiger partial charge in [-0.05, 0) is 43.2 Å². The molecular formula is C21H20N2O4. The van der Waals surface area contributed by atoms with Crippen LogP contribution in [-0.4, -0.2) is 43.1 Å². The third-order valence-corrected chi connectivity index (χ3v) is 5.85. The number of rotatable bonds is 2. The van der Waals surface area contributed by atoms with E-state index in [-0.39, 0.29) is 24.0 Å². The molecule has 27 heavy (non-hydrogen) atoms. The van der Waals surface area contributed by atoms with Crippen LogP contribution in [0.2, 0.25) is 0 Å². The molecule has 0 saturated carbocycles. The molecule has 0 bridgehead atoms. The molecule has 6 nitrogen and oxygen atoms in total. The second kappa shape index (κ2) is 6.01. The molecule has 0 aromatic heterocycles. The lowest BCUT2D eigenvalue weighted by atomic mass is 9.70. The number of carbonyl (C=O) groups is 2. The largest absolute Gasteiger partial charge is 0.454 e. The monoisotopic (exact) mass is 364 g/mol. The van der Waals surface area contributed by atoms with E-state index in [0.29, 0.717) is 43.0 Å². The number of ether oxygens (including phenoxy) is 2. The van der Waals surface area contributed by atoms with Crippen LogP contribution in [0.15, 0.2) is 48.5 Å². The highest BCUT2D eigenvalue weighted by Gasteiger charge is 2.53. The van der Waals surface area contributed by atoms with Gasteiger partial charge in [0.2, 0.25) is 12.7 Å². The van der Waals surface area contributed by atoms with E-state index in [9.17, 15) is 9.59 Å². The Hall–Kier alpha value is -3.02. The number of likely N-dealkylation sites (tertiary alicyclic amines) is 1. The van der Waals surface area contributed by atoms with Gasteiger partial charge >= 0.3 is 0 Å². The molecule has 0 N–H and O–H groups in total. The molecule has 0 atom stereocenters. The van der Waals surface area contributed by atoms with Crippen molar-refractivity contribution in [3.05, 3.63) is 54.1 Å². The number of anilines is 1. The summed E-state index contributed by atoms with van der Waals surface area (Å²) >= 11 is 0. The number of β-lactam (4-membered cyclic amide) rings is 1. The molecular weight excluding hydrogens is 344 g/mol. The van der Waals surface area contributed by atoms with Gasteiger partial charge in [0.25, 0.3) is 5.91 Å². The molecule has 6 heteroatoms. The topological polar surface area (TPSA) is 59.1 Å². The SMILES string of the molecule is O=C(c1ccc2c(c1)OCO2)N1CCC2(CC1)CN(c1ccccc1)C2=O. The van der Waals surface area contributed by atoms with E-state index in [1.54, 1.807) is 18.2 Å². The van der Waals surface area contributed by atoms with Crippen molar-refractivity contribution < 1.29 is 19.1 Å². The van der Waals surface area contributed by atoms with E-state index in [2.05, 4.69) is 0 Å². The lowest BCUT2D eigenvalue weighted by Gasteiger charge is -2.52. The van der Waals surface area contributed by atoms with Crippen molar-refractivity contribution >= 4 is 17.5 Å². The number of benzene rings is 2. The second-order valence-corrected chi connectivity index (χ2v) is 7.37. The maximum absolute atomic E-state index is 12.8. The normalized spacial score (nSPS) is 19.9. The van der Waals surface area contributed by atoms with Crippen molar-refractivity contribution in [2.45, 2.75) is 12.8 Å². The van der Waals surface area contributed by atoms with Crippen molar-refractivity contribution in [2.24, 2.45) is 5.41 Å². The van der Waals surface area contributed by atoms with Crippen molar-refractivity contribution in [2.75, 3.05) is 31.3 Å². The number of para-hydroxylation sites is 1. The highest BCUT2D eigenvalue weighted by Crippen LogP contribution is 2.44. The number of hydrogen-bond donors (Lipinski definition) is 0. The van der Waals surface area contributed by atoms with E-state index in [4.69, 9.17) is 9.47 Å². The quantitative estimate of drug-likeness (QED) is 0.769. The fourth-order valence-corrected chi connectivity index (χ4v) is 4.18. The van der Waals surface area contributed by atoms with Crippen LogP contribution < -0.4 is 14.4 Å². The van der Waals surface area contributed by atoms with Gasteiger partial charge < -0.3 is 19.3 Å². The molecule has 5 rings (SSSR count). The van der Waals surface area contributed by atoms with Gasteiger partial charge in [0.05, 0.1) is 5.41 Å². The predicted octanol–water partition coefficient (Wildman–Crippen LogP) is 2.68. The van der Waals surface area contributed by atoms with Gasteiger partial charge in [-0.2, -0.15) is 0 Å². The highest BCUT2D eigenvalue weighted by molar-refractivity contribution is 6.04. The van der Waals surface area contributed by atoms with Gasteiger partial charge in [0.15, 0.2) is 11.5 Å². The lowest BCUT2D eigenvalue weighted by molar-refractivity contribution is -0.138. The molecule has 2 fully saturated rings. The van der Waals surface area contributed by atoms with Crippen LogP contribution in [0.3, 0.4) is 0 Å². The van der Waals surface area contributed by atoms with Crippen molar-refractivity contribution in [3.8, 4) is 11.5 Å². The van der Waals surface area contributed by atoms with Gasteiger partial charge in [0.1, 0.15) is 0 Å². The molecule has 3 aliphatic rings. The summed E-state index contributed by atoms with van der Waals surface area (Å²) in [6, 6.07) is 15.0. The third-order valence-electron chi connectivity index (χ3n) is 5.85. The zero-order chi connectivity index (χ0) is 18.4. The summed E-state index contributed by atoms with van der Waals surface area (Å²) in [6.45, 7) is 2.13. The summed E-state index contributed by atoms with van der Waals surface area (Å²) in [5, 5.41) is 0. The van der Waals surface area contributed by atoms with Crippen LogP contribution in [-0.2, 0) is 4.79 Å². The van der Waals surface area contributed by atoms with E-state index >= 15 is 0 Å². The maximum atomic E-state index is 12.8. The van der Waals surface area contributed by atoms with Gasteiger partial charge in [-0.3, -0.25) is 9.59 Å². The van der Waals surface area contributed by atoms with Gasteiger partial charge in [-0.1, -0.05) is 18.2 Å². The zero-order valence-corrected chi connectivity index (χ0v) is 14.9. The Morgan fingerprint density at radius 2 is 1.70 bits per heavy atom. The summed E-state index contributed by atoms with van der Waals surface area (Å²) in [6.07, 6.45) is 1.43. The first kappa shape index (κ1) is 16.2. The van der Waals surface area contributed by atoms with E-state index in [1.807, 2.05) is 40.1 Å². The summed E-state index contributed by atoms with van der Waals surface area (Å²) in [4.78, 5) is 29.3. The van der Waals surface area contributed by atoms with Crippen LogP contribution in [0.1, 0.15) is 23.2 Å². The smallest absolute Gasteiger partial charge is 0.253 e. The minimum Gasteiger partial charge on any atom is -0.454 e. The van der Waals surface area contributed by atoms with Crippen LogP contribution in [0.5, 0.6) is 11.5 Å². The van der Waals surface area contributed by atoms with Crippen LogP contribution in [0.4, 0.5) is 5.69 Å². The molecule has 2 amide bonds. The number of piperidine rings is 1. The number of fused-ring (bicyclic) bond motifs is 1. The number of nitrogens with zero attached hydrogens (tertiary/aromatic N) is 2. The maximum Gasteiger partial charge on any atom is 0.253 e. The van der Waals surface area contributed by atoms with Crippen LogP contribution in [0, 0.1) is 5.41 Å². The Labute approximate surface area is 157 Å². The fourth-order valence-electron chi connectivity index (χ4n) is 4.18. The molecule has 3 aliphatic heterocycles. The summed E-state index contributed by atoms with van der Waals surface area (Å²) in [5.41, 5.74) is 1.25. The first-order valence-electron chi connectivity index (χ1n) is 9.22. The lowest BCUT2D eigenvalue weighted by Crippen LogP contribution is -2.65. The Kier molecular flexibility index (Phi) is 3.60. The summed E-state index contributed by atoms with van der Waals surface area (Å²) in [7, 11) is 0. The molecule has 1 spiro atoms. The third kappa shape index (κ3) is 2.55. The first-order valence-corrected chi connectivity index (χ1v) is 9.22. The number of hydrogen-bond acceptors (Lipinski definition) is 4. The Bertz CT molecular complexity index is 904. The van der Waals surface area contributed by atoms with Gasteiger partial charge in [-0.15, -0.1) is 0 Å². The highest BCUT2D eigenvalue weighted by atomic mass is 16.7. The molecule has 2 aromatic rings. The molecule has 2 saturated heterocycles. The second-order valence-electron chi connectivity index (χ2n) is 7.37. The van der Waals surface area contributed by atoms with Crippen molar-refractivity contribution in [3.63, 3.8) is 0 Å². The Balaban J connectivity index is 1.24. The first-order chi connectivity index (χ1) is 13.2. The summed E-state index contributed by atoms with van der Waals surface area (Å²) < 4.78 is 10.7. The van der Waals surface area contributed by atoms with Gasteiger partial charge in [-0.25, -0.2) is 0 Å². The van der Waals surface area contributed by atoms with E-state index < -0.39 is 0 Å².